The zero-order valence-electron chi connectivity index (χ0n) is 10.9. The van der Waals surface area contributed by atoms with Crippen LogP contribution in [-0.2, 0) is 11.8 Å². The van der Waals surface area contributed by atoms with Crippen LogP contribution in [0, 0.1) is 0 Å². The molecule has 0 aliphatic carbocycles. The summed E-state index contributed by atoms with van der Waals surface area (Å²) in [7, 11) is 1.58. The molecule has 2 aromatic heterocycles. The summed E-state index contributed by atoms with van der Waals surface area (Å²) in [4.78, 5) is 27.1. The number of pyridine rings is 1. The van der Waals surface area contributed by atoms with Crippen LogP contribution in [0.25, 0.3) is 0 Å². The molecule has 0 amide bonds. The summed E-state index contributed by atoms with van der Waals surface area (Å²) < 4.78 is 6.25. The van der Waals surface area contributed by atoms with E-state index in [9.17, 15) is 9.59 Å². The fourth-order valence-electron chi connectivity index (χ4n) is 1.41. The Morgan fingerprint density at radius 2 is 2.35 bits per heavy atom. The molecule has 2 aromatic rings. The van der Waals surface area contributed by atoms with E-state index in [1.54, 1.807) is 14.0 Å². The molecule has 8 nitrogen and oxygen atoms in total. The third-order valence-electron chi connectivity index (χ3n) is 2.44. The number of anilines is 1. The number of nitrogen functional groups attached to an aromatic ring is 1. The van der Waals surface area contributed by atoms with E-state index in [-0.39, 0.29) is 23.5 Å². The van der Waals surface area contributed by atoms with E-state index in [0.29, 0.717) is 10.2 Å². The van der Waals surface area contributed by atoms with Crippen molar-refractivity contribution in [1.29, 1.82) is 0 Å². The summed E-state index contributed by atoms with van der Waals surface area (Å²) in [6, 6.07) is 1.51. The summed E-state index contributed by atoms with van der Waals surface area (Å²) in [5.74, 6) is -0.509. The number of esters is 1. The summed E-state index contributed by atoms with van der Waals surface area (Å²) in [5.41, 5.74) is 5.85. The second kappa shape index (κ2) is 5.78. The maximum absolute atomic E-state index is 11.7. The van der Waals surface area contributed by atoms with Crippen LogP contribution in [-0.4, -0.2) is 32.3 Å². The minimum Gasteiger partial charge on any atom is -0.462 e. The quantitative estimate of drug-likeness (QED) is 0.785. The van der Waals surface area contributed by atoms with E-state index in [1.807, 2.05) is 0 Å². The number of hydrogen-bond donors (Lipinski definition) is 2. The lowest BCUT2D eigenvalue weighted by molar-refractivity contribution is 0.0527. The molecule has 9 heteroatoms. The van der Waals surface area contributed by atoms with Crippen LogP contribution in [0.1, 0.15) is 17.3 Å². The Hall–Kier alpha value is -2.29. The highest BCUT2D eigenvalue weighted by molar-refractivity contribution is 7.99. The van der Waals surface area contributed by atoms with Gasteiger partial charge < -0.3 is 10.5 Å². The molecule has 0 radical (unpaired) electrons. The molecule has 0 aromatic carbocycles. The van der Waals surface area contributed by atoms with Crippen molar-refractivity contribution in [3.05, 3.63) is 28.3 Å². The number of aromatic amines is 1. The summed E-state index contributed by atoms with van der Waals surface area (Å²) in [6.07, 6.45) is 1.37. The molecule has 0 bridgehead atoms. The predicted molar refractivity (Wildman–Crippen MR) is 72.6 cm³/mol. The van der Waals surface area contributed by atoms with Gasteiger partial charge in [-0.05, 0) is 24.8 Å². The lowest BCUT2D eigenvalue weighted by atomic mass is 10.2. The van der Waals surface area contributed by atoms with E-state index >= 15 is 0 Å². The normalized spacial score (nSPS) is 10.5. The predicted octanol–water partition coefficient (Wildman–Crippen LogP) is 0.414. The zero-order chi connectivity index (χ0) is 14.7. The van der Waals surface area contributed by atoms with Gasteiger partial charge in [0.2, 0.25) is 0 Å². The molecule has 0 saturated carbocycles. The number of H-pyrrole nitrogens is 1. The van der Waals surface area contributed by atoms with E-state index in [1.165, 1.54) is 16.8 Å². The van der Waals surface area contributed by atoms with Crippen LogP contribution in [0.3, 0.4) is 0 Å². The van der Waals surface area contributed by atoms with Crippen LogP contribution < -0.4 is 11.4 Å². The lowest BCUT2D eigenvalue weighted by Crippen LogP contribution is -2.13. The van der Waals surface area contributed by atoms with E-state index in [2.05, 4.69) is 15.2 Å². The van der Waals surface area contributed by atoms with Crippen molar-refractivity contribution < 1.29 is 9.53 Å². The molecule has 0 aliphatic heterocycles. The minimum absolute atomic E-state index is 0.240. The smallest absolute Gasteiger partial charge is 0.343 e. The third-order valence-corrected chi connectivity index (χ3v) is 3.42. The lowest BCUT2D eigenvalue weighted by Gasteiger charge is -2.06. The summed E-state index contributed by atoms with van der Waals surface area (Å²) in [5, 5.41) is 7.09. The van der Waals surface area contributed by atoms with Gasteiger partial charge in [0.25, 0.3) is 0 Å². The zero-order valence-corrected chi connectivity index (χ0v) is 11.7. The van der Waals surface area contributed by atoms with E-state index < -0.39 is 5.97 Å². The van der Waals surface area contributed by atoms with E-state index in [4.69, 9.17) is 10.5 Å². The number of nitrogens with one attached hydrogen (secondary N) is 1. The number of rotatable bonds is 4. The van der Waals surface area contributed by atoms with Crippen LogP contribution in [0.5, 0.6) is 0 Å². The fourth-order valence-corrected chi connectivity index (χ4v) is 2.19. The largest absolute Gasteiger partial charge is 0.462 e. The van der Waals surface area contributed by atoms with Crippen molar-refractivity contribution in [2.24, 2.45) is 7.05 Å². The number of carbonyl (C=O) groups is 1. The van der Waals surface area contributed by atoms with Gasteiger partial charge in [-0.2, -0.15) is 0 Å². The highest BCUT2D eigenvalue weighted by Crippen LogP contribution is 2.25. The van der Waals surface area contributed by atoms with Gasteiger partial charge in [-0.1, -0.05) is 0 Å². The number of carbonyl (C=O) groups excluding carboxylic acids is 1. The molecule has 0 aliphatic rings. The fraction of sp³-hybridized carbons (Fsp3) is 0.273. The van der Waals surface area contributed by atoms with Gasteiger partial charge in [-0.15, -0.1) is 5.10 Å². The van der Waals surface area contributed by atoms with Gasteiger partial charge in [0, 0.05) is 7.05 Å². The maximum Gasteiger partial charge on any atom is 0.343 e. The summed E-state index contributed by atoms with van der Waals surface area (Å²) in [6.45, 7) is 1.97. The first-order chi connectivity index (χ1) is 9.52. The Balaban J connectivity index is 2.30. The number of nitrogens with zero attached hydrogens (tertiary/aromatic N) is 3. The molecule has 0 atom stereocenters. The molecule has 2 heterocycles. The second-order valence-electron chi connectivity index (χ2n) is 3.80. The van der Waals surface area contributed by atoms with Gasteiger partial charge in [0.15, 0.2) is 5.16 Å². The van der Waals surface area contributed by atoms with Gasteiger partial charge in [-0.3, -0.25) is 4.57 Å². The molecule has 0 unspecified atom stereocenters. The minimum atomic E-state index is -0.509. The Morgan fingerprint density at radius 3 is 2.95 bits per heavy atom. The second-order valence-corrected chi connectivity index (χ2v) is 4.79. The average molecular weight is 295 g/mol. The number of aromatic nitrogens is 4. The first-order valence-electron chi connectivity index (χ1n) is 5.74. The standard InChI is InChI=1S/C11H13N5O3S/c1-3-19-9(17)6-4-8(13-5-7(6)12)20-11-15-14-10(18)16(11)2/h4-5H,3,12H2,1-2H3,(H,14,18). The Kier molecular flexibility index (Phi) is 4.08. The molecule has 3 N–H and O–H groups in total. The molecule has 2 rings (SSSR count). The van der Waals surface area contributed by atoms with Crippen LogP contribution in [0.4, 0.5) is 5.69 Å². The molecule has 0 saturated heterocycles. The number of nitrogens with two attached hydrogens (primary N) is 1. The molecule has 0 spiro atoms. The van der Waals surface area contributed by atoms with Gasteiger partial charge in [0.1, 0.15) is 5.03 Å². The summed E-state index contributed by atoms with van der Waals surface area (Å²) >= 11 is 1.14. The Bertz CT molecular complexity index is 694. The van der Waals surface area contributed by atoms with Gasteiger partial charge in [-0.25, -0.2) is 19.7 Å². The highest BCUT2D eigenvalue weighted by Gasteiger charge is 2.14. The van der Waals surface area contributed by atoms with Crippen LogP contribution >= 0.6 is 11.8 Å². The van der Waals surface area contributed by atoms with Crippen molar-refractivity contribution in [3.63, 3.8) is 0 Å². The maximum atomic E-state index is 11.7. The van der Waals surface area contributed by atoms with E-state index in [0.717, 1.165) is 11.8 Å². The van der Waals surface area contributed by atoms with Crippen LogP contribution in [0.2, 0.25) is 0 Å². The van der Waals surface area contributed by atoms with Crippen molar-refractivity contribution in [2.45, 2.75) is 17.1 Å². The van der Waals surface area contributed by atoms with Crippen molar-refractivity contribution in [1.82, 2.24) is 19.7 Å². The molecule has 0 fully saturated rings. The third kappa shape index (κ3) is 2.82. The molecular weight excluding hydrogens is 282 g/mol. The number of hydrogen-bond acceptors (Lipinski definition) is 7. The highest BCUT2D eigenvalue weighted by atomic mass is 32.2. The topological polar surface area (TPSA) is 116 Å². The van der Waals surface area contributed by atoms with Crippen molar-refractivity contribution >= 4 is 23.4 Å². The SMILES string of the molecule is CCOC(=O)c1cc(Sc2n[nH]c(=O)n2C)ncc1N. The first kappa shape index (κ1) is 14.1. The Morgan fingerprint density at radius 1 is 1.60 bits per heavy atom. The number of ether oxygens (including phenoxy) is 1. The van der Waals surface area contributed by atoms with Gasteiger partial charge in [0.05, 0.1) is 24.1 Å². The van der Waals surface area contributed by atoms with Crippen molar-refractivity contribution in [3.8, 4) is 0 Å². The first-order valence-corrected chi connectivity index (χ1v) is 6.56. The average Bonchev–Trinajstić information content (AvgIpc) is 2.73. The van der Waals surface area contributed by atoms with Crippen molar-refractivity contribution in [2.75, 3.05) is 12.3 Å². The van der Waals surface area contributed by atoms with Crippen LogP contribution in [0.15, 0.2) is 27.2 Å². The monoisotopic (exact) mass is 295 g/mol. The molecule has 106 valence electrons. The molecule has 20 heavy (non-hydrogen) atoms. The van der Waals surface area contributed by atoms with Gasteiger partial charge >= 0.3 is 11.7 Å². The Labute approximate surface area is 118 Å². The molecular formula is C11H13N5O3S.